The zero-order valence-electron chi connectivity index (χ0n) is 10.9. The van der Waals surface area contributed by atoms with E-state index < -0.39 is 0 Å². The van der Waals surface area contributed by atoms with Gasteiger partial charge in [-0.25, -0.2) is 5.43 Å². The highest BCUT2D eigenvalue weighted by Gasteiger charge is 2.06. The molecule has 0 bridgehead atoms. The van der Waals surface area contributed by atoms with E-state index in [1.54, 1.807) is 24.3 Å². The third-order valence-electron chi connectivity index (χ3n) is 2.65. The van der Waals surface area contributed by atoms with Crippen molar-refractivity contribution in [3.63, 3.8) is 0 Å². The Balaban J connectivity index is 1.77. The Labute approximate surface area is 119 Å². The molecule has 3 rings (SSSR count). The first-order valence-electron chi connectivity index (χ1n) is 6.18. The van der Waals surface area contributed by atoms with Crippen LogP contribution in [0.3, 0.4) is 0 Å². The molecule has 2 N–H and O–H groups in total. The standard InChI is InChI=1S/C14H11N5O2/c20-13-12(10-5-2-1-3-6-10)17-19-14(16-13)18-15-9-11-7-4-8-21-11/h1-9H,(H2,16,18,19,20). The fourth-order valence-electron chi connectivity index (χ4n) is 1.69. The van der Waals surface area contributed by atoms with Gasteiger partial charge in [-0.3, -0.25) is 9.78 Å². The number of furan rings is 1. The van der Waals surface area contributed by atoms with Crippen LogP contribution in [0.5, 0.6) is 0 Å². The summed E-state index contributed by atoms with van der Waals surface area (Å²) in [6, 6.07) is 12.6. The third kappa shape index (κ3) is 3.03. The lowest BCUT2D eigenvalue weighted by molar-refractivity contribution is 0.560. The first kappa shape index (κ1) is 12.8. The van der Waals surface area contributed by atoms with Gasteiger partial charge in [0.15, 0.2) is 5.69 Å². The van der Waals surface area contributed by atoms with Gasteiger partial charge in [0.05, 0.1) is 12.5 Å². The maximum absolute atomic E-state index is 12.0. The molecule has 0 amide bonds. The Morgan fingerprint density at radius 3 is 2.71 bits per heavy atom. The smallest absolute Gasteiger partial charge is 0.279 e. The van der Waals surface area contributed by atoms with Crippen LogP contribution in [0.1, 0.15) is 5.76 Å². The van der Waals surface area contributed by atoms with E-state index in [9.17, 15) is 4.79 Å². The summed E-state index contributed by atoms with van der Waals surface area (Å²) in [5.74, 6) is 0.737. The van der Waals surface area contributed by atoms with E-state index in [1.165, 1.54) is 12.5 Å². The molecule has 0 unspecified atom stereocenters. The van der Waals surface area contributed by atoms with Crippen LogP contribution in [0.4, 0.5) is 5.95 Å². The van der Waals surface area contributed by atoms with Crippen molar-refractivity contribution in [3.8, 4) is 11.3 Å². The number of hydrazone groups is 1. The molecule has 0 atom stereocenters. The SMILES string of the molecule is O=c1[nH]c(NN=Cc2ccco2)nnc1-c1ccccc1. The molecule has 0 fully saturated rings. The predicted molar refractivity (Wildman–Crippen MR) is 78.0 cm³/mol. The predicted octanol–water partition coefficient (Wildman–Crippen LogP) is 1.87. The molecule has 7 heteroatoms. The molecule has 0 spiro atoms. The minimum absolute atomic E-state index is 0.155. The minimum Gasteiger partial charge on any atom is -0.463 e. The Bertz CT molecular complexity index is 794. The molecular weight excluding hydrogens is 270 g/mol. The summed E-state index contributed by atoms with van der Waals surface area (Å²) in [6.45, 7) is 0. The van der Waals surface area contributed by atoms with E-state index in [0.29, 0.717) is 11.3 Å². The highest BCUT2D eigenvalue weighted by Crippen LogP contribution is 2.10. The summed E-state index contributed by atoms with van der Waals surface area (Å²) < 4.78 is 5.07. The number of rotatable bonds is 4. The maximum Gasteiger partial charge on any atom is 0.279 e. The third-order valence-corrected chi connectivity index (χ3v) is 2.65. The van der Waals surface area contributed by atoms with Gasteiger partial charge in [-0.1, -0.05) is 30.3 Å². The molecule has 0 radical (unpaired) electrons. The van der Waals surface area contributed by atoms with Gasteiger partial charge in [-0.15, -0.1) is 10.2 Å². The average Bonchev–Trinajstić information content (AvgIpc) is 3.02. The molecule has 1 aromatic carbocycles. The molecule has 3 aromatic rings. The van der Waals surface area contributed by atoms with Crippen molar-refractivity contribution in [2.45, 2.75) is 0 Å². The number of nitrogens with zero attached hydrogens (tertiary/aromatic N) is 3. The van der Waals surface area contributed by atoms with Crippen LogP contribution in [0, 0.1) is 0 Å². The minimum atomic E-state index is -0.341. The Morgan fingerprint density at radius 2 is 2.00 bits per heavy atom. The first-order chi connectivity index (χ1) is 10.3. The largest absolute Gasteiger partial charge is 0.463 e. The maximum atomic E-state index is 12.0. The topological polar surface area (TPSA) is 96.2 Å². The van der Waals surface area contributed by atoms with Gasteiger partial charge in [0.2, 0.25) is 5.95 Å². The monoisotopic (exact) mass is 281 g/mol. The lowest BCUT2D eigenvalue weighted by Gasteiger charge is -2.00. The summed E-state index contributed by atoms with van der Waals surface area (Å²) in [4.78, 5) is 14.5. The lowest BCUT2D eigenvalue weighted by Crippen LogP contribution is -2.15. The van der Waals surface area contributed by atoms with Gasteiger partial charge >= 0.3 is 0 Å². The van der Waals surface area contributed by atoms with Gasteiger partial charge in [0.25, 0.3) is 5.56 Å². The van der Waals surface area contributed by atoms with E-state index >= 15 is 0 Å². The van der Waals surface area contributed by atoms with Crippen molar-refractivity contribution < 1.29 is 4.42 Å². The van der Waals surface area contributed by atoms with Crippen LogP contribution < -0.4 is 11.0 Å². The zero-order chi connectivity index (χ0) is 14.5. The quantitative estimate of drug-likeness (QED) is 0.562. The molecule has 2 heterocycles. The first-order valence-corrected chi connectivity index (χ1v) is 6.18. The molecule has 2 aromatic heterocycles. The molecule has 104 valence electrons. The fraction of sp³-hybridized carbons (Fsp3) is 0. The highest BCUT2D eigenvalue weighted by atomic mass is 16.3. The number of hydrogen-bond acceptors (Lipinski definition) is 6. The van der Waals surface area contributed by atoms with Crippen LogP contribution in [-0.2, 0) is 0 Å². The number of nitrogens with one attached hydrogen (secondary N) is 2. The van der Waals surface area contributed by atoms with Crippen molar-refractivity contribution in [1.29, 1.82) is 0 Å². The Kier molecular flexibility index (Phi) is 3.55. The van der Waals surface area contributed by atoms with Gasteiger partial charge in [-0.05, 0) is 12.1 Å². The van der Waals surface area contributed by atoms with Crippen molar-refractivity contribution in [2.75, 3.05) is 5.43 Å². The number of benzene rings is 1. The van der Waals surface area contributed by atoms with E-state index in [2.05, 4.69) is 25.7 Å². The summed E-state index contributed by atoms with van der Waals surface area (Å²) in [5, 5.41) is 11.7. The lowest BCUT2D eigenvalue weighted by atomic mass is 10.2. The van der Waals surface area contributed by atoms with E-state index in [1.807, 2.05) is 18.2 Å². The second kappa shape index (κ2) is 5.83. The molecule has 0 aliphatic carbocycles. The summed E-state index contributed by atoms with van der Waals surface area (Å²) in [6.07, 6.45) is 3.00. The normalized spacial score (nSPS) is 10.9. The van der Waals surface area contributed by atoms with E-state index in [0.717, 1.165) is 0 Å². The van der Waals surface area contributed by atoms with Crippen molar-refractivity contribution in [3.05, 3.63) is 64.8 Å². The molecule has 0 saturated heterocycles. The number of anilines is 1. The molecule has 21 heavy (non-hydrogen) atoms. The number of H-pyrrole nitrogens is 1. The van der Waals surface area contributed by atoms with Gasteiger partial charge in [0.1, 0.15) is 5.76 Å². The summed E-state index contributed by atoms with van der Waals surface area (Å²) in [5.41, 5.74) is 3.21. The average molecular weight is 281 g/mol. The Hall–Kier alpha value is -3.22. The number of aromatic amines is 1. The van der Waals surface area contributed by atoms with E-state index in [4.69, 9.17) is 4.42 Å². The van der Waals surface area contributed by atoms with Crippen LogP contribution in [-0.4, -0.2) is 21.4 Å². The molecular formula is C14H11N5O2. The second-order valence-corrected chi connectivity index (χ2v) is 4.10. The molecule has 0 aliphatic heterocycles. The second-order valence-electron chi connectivity index (χ2n) is 4.10. The van der Waals surface area contributed by atoms with Crippen molar-refractivity contribution in [1.82, 2.24) is 15.2 Å². The van der Waals surface area contributed by atoms with Crippen LogP contribution >= 0.6 is 0 Å². The van der Waals surface area contributed by atoms with Gasteiger partial charge in [0, 0.05) is 5.56 Å². The van der Waals surface area contributed by atoms with Crippen LogP contribution in [0.25, 0.3) is 11.3 Å². The van der Waals surface area contributed by atoms with Crippen molar-refractivity contribution >= 4 is 12.2 Å². The molecule has 7 nitrogen and oxygen atoms in total. The molecule has 0 saturated carbocycles. The summed E-state index contributed by atoms with van der Waals surface area (Å²) in [7, 11) is 0. The van der Waals surface area contributed by atoms with Gasteiger partial charge in [-0.2, -0.15) is 5.10 Å². The van der Waals surface area contributed by atoms with Crippen molar-refractivity contribution in [2.24, 2.45) is 5.10 Å². The number of hydrogen-bond donors (Lipinski definition) is 2. The fourth-order valence-corrected chi connectivity index (χ4v) is 1.69. The van der Waals surface area contributed by atoms with Crippen LogP contribution in [0.15, 0.2) is 63.0 Å². The zero-order valence-corrected chi connectivity index (χ0v) is 10.9. The van der Waals surface area contributed by atoms with E-state index in [-0.39, 0.29) is 17.2 Å². The molecule has 0 aliphatic rings. The Morgan fingerprint density at radius 1 is 1.14 bits per heavy atom. The van der Waals surface area contributed by atoms with Gasteiger partial charge < -0.3 is 4.42 Å². The summed E-state index contributed by atoms with van der Waals surface area (Å²) >= 11 is 0. The number of aromatic nitrogens is 3. The highest BCUT2D eigenvalue weighted by molar-refractivity contribution is 5.76. The van der Waals surface area contributed by atoms with Crippen LogP contribution in [0.2, 0.25) is 0 Å².